The maximum Gasteiger partial charge on any atom is 0.230 e. The third-order valence-corrected chi connectivity index (χ3v) is 5.42. The van der Waals surface area contributed by atoms with Gasteiger partial charge < -0.3 is 9.73 Å². The van der Waals surface area contributed by atoms with Crippen LogP contribution < -0.4 is 5.32 Å². The van der Waals surface area contributed by atoms with E-state index in [1.165, 1.54) is 16.9 Å². The Hall–Kier alpha value is -2.12. The van der Waals surface area contributed by atoms with Crippen LogP contribution in [0.1, 0.15) is 18.1 Å². The van der Waals surface area contributed by atoms with Gasteiger partial charge in [-0.15, -0.1) is 16.8 Å². The van der Waals surface area contributed by atoms with Crippen molar-refractivity contribution in [2.45, 2.75) is 24.1 Å². The van der Waals surface area contributed by atoms with E-state index in [1.807, 2.05) is 12.1 Å². The van der Waals surface area contributed by atoms with Gasteiger partial charge in [-0.05, 0) is 24.1 Å². The minimum Gasteiger partial charge on any atom is -0.464 e. The Kier molecular flexibility index (Phi) is 5.32. The number of amides is 1. The molecule has 0 saturated carbocycles. The van der Waals surface area contributed by atoms with Crippen LogP contribution in [0.15, 0.2) is 45.9 Å². The molecule has 1 N–H and O–H groups in total. The van der Waals surface area contributed by atoms with E-state index in [0.717, 1.165) is 33.0 Å². The maximum atomic E-state index is 12.3. The van der Waals surface area contributed by atoms with E-state index in [2.05, 4.69) is 35.1 Å². The summed E-state index contributed by atoms with van der Waals surface area (Å²) in [5.41, 5.74) is 2.90. The van der Waals surface area contributed by atoms with Crippen LogP contribution in [0.5, 0.6) is 0 Å². The standard InChI is InChI=1S/C17H17N3O2S2/c1-3-7-23-17-20-19-16(24-17)18-15(21)9-12-10-22-14-6-5-11(4-2)8-13(12)14/h3,5-6,8,10H,1,4,7,9H2,2H3,(H,18,19,21). The Morgan fingerprint density at radius 1 is 1.46 bits per heavy atom. The van der Waals surface area contributed by atoms with E-state index in [-0.39, 0.29) is 12.3 Å². The number of carbonyl (C=O) groups excluding carboxylic acids is 1. The summed E-state index contributed by atoms with van der Waals surface area (Å²) in [5, 5.41) is 12.3. The van der Waals surface area contributed by atoms with E-state index >= 15 is 0 Å². The van der Waals surface area contributed by atoms with Crippen molar-refractivity contribution < 1.29 is 9.21 Å². The number of thioether (sulfide) groups is 1. The highest BCUT2D eigenvalue weighted by atomic mass is 32.2. The zero-order valence-corrected chi connectivity index (χ0v) is 14.9. The highest BCUT2D eigenvalue weighted by Gasteiger charge is 2.13. The van der Waals surface area contributed by atoms with Crippen molar-refractivity contribution in [1.82, 2.24) is 10.2 Å². The third-order valence-electron chi connectivity index (χ3n) is 3.45. The number of rotatable bonds is 7. The SMILES string of the molecule is C=CCSc1nnc(NC(=O)Cc2coc3ccc(CC)cc23)s1. The first-order valence-electron chi connectivity index (χ1n) is 7.55. The second-order valence-corrected chi connectivity index (χ2v) is 7.39. The van der Waals surface area contributed by atoms with E-state index < -0.39 is 0 Å². The highest BCUT2D eigenvalue weighted by Crippen LogP contribution is 2.26. The summed E-state index contributed by atoms with van der Waals surface area (Å²) in [4.78, 5) is 12.3. The van der Waals surface area contributed by atoms with Gasteiger partial charge >= 0.3 is 0 Å². The van der Waals surface area contributed by atoms with Crippen LogP contribution in [0.25, 0.3) is 11.0 Å². The molecule has 0 aliphatic heterocycles. The van der Waals surface area contributed by atoms with E-state index in [9.17, 15) is 4.79 Å². The van der Waals surface area contributed by atoms with Crippen LogP contribution in [-0.4, -0.2) is 21.9 Å². The molecule has 0 saturated heterocycles. The van der Waals surface area contributed by atoms with Crippen LogP contribution in [0.2, 0.25) is 0 Å². The van der Waals surface area contributed by atoms with E-state index in [4.69, 9.17) is 4.42 Å². The number of hydrogen-bond donors (Lipinski definition) is 1. The van der Waals surface area contributed by atoms with Crippen molar-refractivity contribution in [3.63, 3.8) is 0 Å². The number of aryl methyl sites for hydroxylation is 1. The van der Waals surface area contributed by atoms with E-state index in [1.54, 1.807) is 24.1 Å². The monoisotopic (exact) mass is 359 g/mol. The largest absolute Gasteiger partial charge is 0.464 e. The zero-order chi connectivity index (χ0) is 16.9. The number of furan rings is 1. The van der Waals surface area contributed by atoms with Crippen LogP contribution in [0, 0.1) is 0 Å². The Morgan fingerprint density at radius 3 is 3.12 bits per heavy atom. The summed E-state index contributed by atoms with van der Waals surface area (Å²) in [5.74, 6) is 0.639. The number of hydrogen-bond acceptors (Lipinski definition) is 6. The molecule has 124 valence electrons. The summed E-state index contributed by atoms with van der Waals surface area (Å²) in [6, 6.07) is 6.07. The minimum absolute atomic E-state index is 0.129. The molecule has 0 spiro atoms. The van der Waals surface area contributed by atoms with Gasteiger partial charge in [0.25, 0.3) is 0 Å². The number of nitrogens with one attached hydrogen (secondary N) is 1. The Balaban J connectivity index is 1.68. The fourth-order valence-corrected chi connectivity index (χ4v) is 3.80. The molecule has 1 amide bonds. The van der Waals surface area contributed by atoms with Gasteiger partial charge in [-0.3, -0.25) is 4.79 Å². The van der Waals surface area contributed by atoms with Crippen LogP contribution in [0.4, 0.5) is 5.13 Å². The zero-order valence-electron chi connectivity index (χ0n) is 13.2. The van der Waals surface area contributed by atoms with Gasteiger partial charge in [-0.1, -0.05) is 42.2 Å². The third kappa shape index (κ3) is 3.85. The first-order valence-corrected chi connectivity index (χ1v) is 9.36. The molecule has 0 atom stereocenters. The molecular weight excluding hydrogens is 342 g/mol. The molecule has 7 heteroatoms. The van der Waals surface area contributed by atoms with Crippen molar-refractivity contribution in [2.24, 2.45) is 0 Å². The summed E-state index contributed by atoms with van der Waals surface area (Å²) >= 11 is 2.90. The fraction of sp³-hybridized carbons (Fsp3) is 0.235. The Morgan fingerprint density at radius 2 is 2.33 bits per heavy atom. The van der Waals surface area contributed by atoms with E-state index in [0.29, 0.717) is 5.13 Å². The van der Waals surface area contributed by atoms with Crippen LogP contribution >= 0.6 is 23.1 Å². The Bertz CT molecular complexity index is 870. The number of carbonyl (C=O) groups is 1. The predicted molar refractivity (Wildman–Crippen MR) is 98.8 cm³/mol. The molecule has 0 bridgehead atoms. The fourth-order valence-electron chi connectivity index (χ4n) is 2.27. The molecule has 3 aromatic rings. The number of benzene rings is 1. The molecule has 2 aromatic heterocycles. The minimum atomic E-state index is -0.129. The molecule has 0 aliphatic carbocycles. The van der Waals surface area contributed by atoms with Crippen LogP contribution in [0.3, 0.4) is 0 Å². The van der Waals surface area contributed by atoms with Gasteiger partial charge in [0, 0.05) is 16.7 Å². The molecule has 0 aliphatic rings. The second kappa shape index (κ2) is 7.63. The average molecular weight is 359 g/mol. The van der Waals surface area contributed by atoms with Crippen molar-refractivity contribution >= 4 is 45.1 Å². The predicted octanol–water partition coefficient (Wildman–Crippen LogP) is 4.31. The lowest BCUT2D eigenvalue weighted by Crippen LogP contribution is -2.14. The quantitative estimate of drug-likeness (QED) is 0.387. The molecule has 24 heavy (non-hydrogen) atoms. The second-order valence-electron chi connectivity index (χ2n) is 5.14. The lowest BCUT2D eigenvalue weighted by molar-refractivity contribution is -0.115. The van der Waals surface area contributed by atoms with Crippen LogP contribution in [-0.2, 0) is 17.6 Å². The molecule has 2 heterocycles. The highest BCUT2D eigenvalue weighted by molar-refractivity contribution is 8.01. The number of anilines is 1. The lowest BCUT2D eigenvalue weighted by atomic mass is 10.1. The van der Waals surface area contributed by atoms with Crippen molar-refractivity contribution in [2.75, 3.05) is 11.1 Å². The summed E-state index contributed by atoms with van der Waals surface area (Å²) in [6.45, 7) is 5.77. The smallest absolute Gasteiger partial charge is 0.230 e. The molecule has 0 unspecified atom stereocenters. The first kappa shape index (κ1) is 16.7. The number of nitrogens with zero attached hydrogens (tertiary/aromatic N) is 2. The van der Waals surface area contributed by atoms with Crippen molar-refractivity contribution in [3.05, 3.63) is 48.2 Å². The van der Waals surface area contributed by atoms with Gasteiger partial charge in [0.2, 0.25) is 11.0 Å². The summed E-state index contributed by atoms with van der Waals surface area (Å²) in [6.07, 6.45) is 4.64. The van der Waals surface area contributed by atoms with Gasteiger partial charge in [0.1, 0.15) is 5.58 Å². The molecule has 0 radical (unpaired) electrons. The molecule has 5 nitrogen and oxygen atoms in total. The average Bonchev–Trinajstić information content (AvgIpc) is 3.19. The maximum absolute atomic E-state index is 12.3. The van der Waals surface area contributed by atoms with Crippen molar-refractivity contribution in [1.29, 1.82) is 0 Å². The number of fused-ring (bicyclic) bond motifs is 1. The molecular formula is C17H17N3O2S2. The molecule has 1 aromatic carbocycles. The van der Waals surface area contributed by atoms with Gasteiger partial charge in [0.15, 0.2) is 4.34 Å². The summed E-state index contributed by atoms with van der Waals surface area (Å²) in [7, 11) is 0. The summed E-state index contributed by atoms with van der Waals surface area (Å²) < 4.78 is 6.34. The van der Waals surface area contributed by atoms with Gasteiger partial charge in [0.05, 0.1) is 12.7 Å². The normalized spacial score (nSPS) is 10.9. The lowest BCUT2D eigenvalue weighted by Gasteiger charge is -2.01. The first-order chi connectivity index (χ1) is 11.7. The van der Waals surface area contributed by atoms with Crippen molar-refractivity contribution in [3.8, 4) is 0 Å². The number of aromatic nitrogens is 2. The molecule has 0 fully saturated rings. The topological polar surface area (TPSA) is 68.0 Å². The van der Waals surface area contributed by atoms with Gasteiger partial charge in [-0.2, -0.15) is 0 Å². The Labute approximate surface area is 148 Å². The molecule has 3 rings (SSSR count). The van der Waals surface area contributed by atoms with Gasteiger partial charge in [-0.25, -0.2) is 0 Å².